The number of aryl methyl sites for hydroxylation is 2. The highest BCUT2D eigenvalue weighted by atomic mass is 79.9. The van der Waals surface area contributed by atoms with Gasteiger partial charge in [-0.25, -0.2) is 9.50 Å². The minimum Gasteiger partial charge on any atom is -0.220 e. The zero-order valence-electron chi connectivity index (χ0n) is 10.2. The summed E-state index contributed by atoms with van der Waals surface area (Å²) in [6.07, 6.45) is 1.90. The molecule has 3 aromatic rings. The number of halogens is 1. The molecule has 0 atom stereocenters. The van der Waals surface area contributed by atoms with Gasteiger partial charge in [0.2, 0.25) is 0 Å². The average molecular weight is 302 g/mol. The van der Waals surface area contributed by atoms with Crippen LogP contribution in [0.4, 0.5) is 0 Å². The van der Waals surface area contributed by atoms with Gasteiger partial charge in [0.05, 0.1) is 0 Å². The number of benzene rings is 1. The molecule has 3 nitrogen and oxygen atoms in total. The van der Waals surface area contributed by atoms with Crippen molar-refractivity contribution in [3.8, 4) is 11.4 Å². The number of pyridine rings is 1. The second-order valence-corrected chi connectivity index (χ2v) is 5.30. The second-order valence-electron chi connectivity index (χ2n) is 4.38. The Balaban J connectivity index is 2.16. The van der Waals surface area contributed by atoms with Crippen LogP contribution in [0.25, 0.3) is 17.0 Å². The van der Waals surface area contributed by atoms with E-state index < -0.39 is 0 Å². The maximum absolute atomic E-state index is 4.54. The molecule has 1 aromatic carbocycles. The normalized spacial score (nSPS) is 11.1. The molecular formula is C14H12BrN3. The Hall–Kier alpha value is -1.68. The predicted molar refractivity (Wildman–Crippen MR) is 75.6 cm³/mol. The van der Waals surface area contributed by atoms with Crippen LogP contribution in [0.3, 0.4) is 0 Å². The van der Waals surface area contributed by atoms with Crippen molar-refractivity contribution in [2.45, 2.75) is 13.8 Å². The van der Waals surface area contributed by atoms with Crippen LogP contribution in [-0.4, -0.2) is 14.6 Å². The Morgan fingerprint density at radius 3 is 2.67 bits per heavy atom. The van der Waals surface area contributed by atoms with Crippen LogP contribution >= 0.6 is 15.9 Å². The van der Waals surface area contributed by atoms with Gasteiger partial charge in [0.1, 0.15) is 0 Å². The van der Waals surface area contributed by atoms with Crippen LogP contribution in [0, 0.1) is 13.8 Å². The third-order valence-corrected chi connectivity index (χ3v) is 3.56. The topological polar surface area (TPSA) is 30.2 Å². The maximum Gasteiger partial charge on any atom is 0.182 e. The van der Waals surface area contributed by atoms with E-state index in [1.54, 1.807) is 4.52 Å². The lowest BCUT2D eigenvalue weighted by atomic mass is 10.1. The van der Waals surface area contributed by atoms with Gasteiger partial charge in [0.15, 0.2) is 11.5 Å². The van der Waals surface area contributed by atoms with Gasteiger partial charge in [-0.2, -0.15) is 0 Å². The first-order valence-corrected chi connectivity index (χ1v) is 6.52. The summed E-state index contributed by atoms with van der Waals surface area (Å²) in [7, 11) is 0. The van der Waals surface area contributed by atoms with E-state index in [2.05, 4.69) is 58.1 Å². The molecule has 90 valence electrons. The number of hydrogen-bond acceptors (Lipinski definition) is 2. The zero-order chi connectivity index (χ0) is 12.7. The van der Waals surface area contributed by atoms with Crippen LogP contribution in [-0.2, 0) is 0 Å². The summed E-state index contributed by atoms with van der Waals surface area (Å²) in [6, 6.07) is 10.2. The molecule has 0 aliphatic heterocycles. The molecule has 0 unspecified atom stereocenters. The van der Waals surface area contributed by atoms with E-state index in [0.29, 0.717) is 0 Å². The first kappa shape index (κ1) is 11.4. The average Bonchev–Trinajstić information content (AvgIpc) is 2.75. The molecular weight excluding hydrogens is 290 g/mol. The summed E-state index contributed by atoms with van der Waals surface area (Å²) >= 11 is 3.44. The van der Waals surface area contributed by atoms with Crippen molar-refractivity contribution in [2.24, 2.45) is 0 Å². The van der Waals surface area contributed by atoms with Crippen molar-refractivity contribution >= 4 is 21.6 Å². The Labute approximate surface area is 114 Å². The quantitative estimate of drug-likeness (QED) is 0.685. The molecule has 4 heteroatoms. The highest BCUT2D eigenvalue weighted by Gasteiger charge is 2.07. The Morgan fingerprint density at radius 1 is 1.06 bits per heavy atom. The monoisotopic (exact) mass is 301 g/mol. The second kappa shape index (κ2) is 4.21. The highest BCUT2D eigenvalue weighted by Crippen LogP contribution is 2.20. The molecule has 18 heavy (non-hydrogen) atoms. The fourth-order valence-electron chi connectivity index (χ4n) is 1.86. The maximum atomic E-state index is 4.54. The van der Waals surface area contributed by atoms with Crippen molar-refractivity contribution in [3.05, 3.63) is 52.1 Å². The van der Waals surface area contributed by atoms with Crippen LogP contribution in [0.15, 0.2) is 41.0 Å². The molecule has 0 spiro atoms. The first-order valence-electron chi connectivity index (χ1n) is 5.73. The molecule has 2 aromatic heterocycles. The molecule has 0 aliphatic carbocycles. The number of aromatic nitrogens is 3. The SMILES string of the molecule is Cc1ccc(-c2nc3cc(Br)ccn3n2)cc1C. The molecule has 0 aliphatic rings. The van der Waals surface area contributed by atoms with Gasteiger partial charge in [-0.1, -0.05) is 28.1 Å². The third kappa shape index (κ3) is 1.93. The van der Waals surface area contributed by atoms with Crippen molar-refractivity contribution in [1.29, 1.82) is 0 Å². The Morgan fingerprint density at radius 2 is 1.89 bits per heavy atom. The van der Waals surface area contributed by atoms with Gasteiger partial charge in [-0.05, 0) is 43.2 Å². The summed E-state index contributed by atoms with van der Waals surface area (Å²) in [5.41, 5.74) is 4.44. The summed E-state index contributed by atoms with van der Waals surface area (Å²) in [5, 5.41) is 4.48. The van der Waals surface area contributed by atoms with Crippen molar-refractivity contribution in [1.82, 2.24) is 14.6 Å². The summed E-state index contributed by atoms with van der Waals surface area (Å²) in [5.74, 6) is 0.760. The van der Waals surface area contributed by atoms with Crippen LogP contribution in [0.1, 0.15) is 11.1 Å². The lowest BCUT2D eigenvalue weighted by Crippen LogP contribution is -1.87. The smallest absolute Gasteiger partial charge is 0.182 e. The molecule has 2 heterocycles. The third-order valence-electron chi connectivity index (χ3n) is 3.06. The summed E-state index contributed by atoms with van der Waals surface area (Å²) in [4.78, 5) is 4.54. The predicted octanol–water partition coefficient (Wildman–Crippen LogP) is 3.78. The van der Waals surface area contributed by atoms with Gasteiger partial charge < -0.3 is 0 Å². The molecule has 0 bridgehead atoms. The zero-order valence-corrected chi connectivity index (χ0v) is 11.8. The van der Waals surface area contributed by atoms with E-state index >= 15 is 0 Å². The fourth-order valence-corrected chi connectivity index (χ4v) is 2.18. The summed E-state index contributed by atoms with van der Waals surface area (Å²) < 4.78 is 2.80. The Bertz CT molecular complexity index is 731. The summed E-state index contributed by atoms with van der Waals surface area (Å²) in [6.45, 7) is 4.21. The van der Waals surface area contributed by atoms with E-state index in [9.17, 15) is 0 Å². The van der Waals surface area contributed by atoms with Crippen LogP contribution in [0.2, 0.25) is 0 Å². The molecule has 0 saturated carbocycles. The largest absolute Gasteiger partial charge is 0.220 e. The lowest BCUT2D eigenvalue weighted by molar-refractivity contribution is 0.964. The Kier molecular flexibility index (Phi) is 2.67. The van der Waals surface area contributed by atoms with Gasteiger partial charge in [0, 0.05) is 16.2 Å². The van der Waals surface area contributed by atoms with Gasteiger partial charge in [0.25, 0.3) is 0 Å². The van der Waals surface area contributed by atoms with E-state index in [4.69, 9.17) is 0 Å². The van der Waals surface area contributed by atoms with Crippen molar-refractivity contribution in [2.75, 3.05) is 0 Å². The van der Waals surface area contributed by atoms with Gasteiger partial charge in [-0.15, -0.1) is 5.10 Å². The molecule has 0 radical (unpaired) electrons. The minimum atomic E-state index is 0.760. The first-order chi connectivity index (χ1) is 8.63. The highest BCUT2D eigenvalue weighted by molar-refractivity contribution is 9.10. The number of hydrogen-bond donors (Lipinski definition) is 0. The molecule has 0 fully saturated rings. The fraction of sp³-hybridized carbons (Fsp3) is 0.143. The molecule has 0 saturated heterocycles. The number of fused-ring (bicyclic) bond motifs is 1. The van der Waals surface area contributed by atoms with Gasteiger partial charge >= 0.3 is 0 Å². The molecule has 0 N–H and O–H groups in total. The van der Waals surface area contributed by atoms with Crippen molar-refractivity contribution < 1.29 is 0 Å². The van der Waals surface area contributed by atoms with E-state index in [-0.39, 0.29) is 0 Å². The van der Waals surface area contributed by atoms with E-state index in [1.807, 2.05) is 18.3 Å². The number of rotatable bonds is 1. The van der Waals surface area contributed by atoms with Crippen LogP contribution < -0.4 is 0 Å². The van der Waals surface area contributed by atoms with Crippen molar-refractivity contribution in [3.63, 3.8) is 0 Å². The standard InChI is InChI=1S/C14H12BrN3/c1-9-3-4-11(7-10(9)2)14-16-13-8-12(15)5-6-18(13)17-14/h3-8H,1-2H3. The minimum absolute atomic E-state index is 0.760. The number of nitrogens with zero attached hydrogens (tertiary/aromatic N) is 3. The molecule has 0 amide bonds. The molecule has 3 rings (SSSR count). The van der Waals surface area contributed by atoms with Crippen LogP contribution in [0.5, 0.6) is 0 Å². The van der Waals surface area contributed by atoms with E-state index in [0.717, 1.165) is 21.5 Å². The lowest BCUT2D eigenvalue weighted by Gasteiger charge is -2.00. The van der Waals surface area contributed by atoms with Gasteiger partial charge in [-0.3, -0.25) is 0 Å². The van der Waals surface area contributed by atoms with E-state index in [1.165, 1.54) is 11.1 Å².